The Morgan fingerprint density at radius 2 is 1.64 bits per heavy atom. The Morgan fingerprint density at radius 3 is 2.36 bits per heavy atom. The molecule has 1 N–H and O–H groups in total. The molecule has 2 fully saturated rings. The minimum absolute atomic E-state index is 0.00176. The van der Waals surface area contributed by atoms with Crippen molar-refractivity contribution in [2.75, 3.05) is 38.3 Å². The molecule has 0 aliphatic carbocycles. The zero-order valence-corrected chi connectivity index (χ0v) is 23.7. The van der Waals surface area contributed by atoms with Crippen LogP contribution < -0.4 is 25.2 Å². The molecule has 2 saturated heterocycles. The summed E-state index contributed by atoms with van der Waals surface area (Å²) in [6.07, 6.45) is 1.05. The van der Waals surface area contributed by atoms with Crippen LogP contribution in [0, 0.1) is 11.3 Å². The number of hydrogen-bond donors (Lipinski definition) is 1. The first-order valence-electron chi connectivity index (χ1n) is 14.3. The van der Waals surface area contributed by atoms with Gasteiger partial charge in [-0.1, -0.05) is 18.2 Å². The lowest BCUT2D eigenvalue weighted by atomic mass is 9.75. The number of anilines is 1. The largest absolute Gasteiger partial charge is 0.497 e. The SMILES string of the molecule is CCOc1ccc(C[C@]2(CN3C[C@@H]4C[C@@H](C3)c3cccc(=O)n3C4)C(=O)NC(=O)N(c3ccc(OC)cc3)C2=O)cc1. The highest BCUT2D eigenvalue weighted by atomic mass is 16.5. The average molecular weight is 571 g/mol. The van der Waals surface area contributed by atoms with Crippen LogP contribution in [0.4, 0.5) is 10.5 Å². The topological polar surface area (TPSA) is 110 Å². The molecular formula is C32H34N4O6. The number of benzene rings is 2. The molecule has 10 heteroatoms. The number of carbonyl (C=O) groups is 3. The van der Waals surface area contributed by atoms with Crippen molar-refractivity contribution in [2.24, 2.45) is 11.3 Å². The van der Waals surface area contributed by atoms with Crippen molar-refractivity contribution in [3.05, 3.63) is 88.3 Å². The second-order valence-corrected chi connectivity index (χ2v) is 11.3. The minimum Gasteiger partial charge on any atom is -0.497 e. The number of urea groups is 1. The Labute approximate surface area is 243 Å². The summed E-state index contributed by atoms with van der Waals surface area (Å²) in [6.45, 7) is 4.40. The molecule has 0 spiro atoms. The quantitative estimate of drug-likeness (QED) is 0.414. The molecule has 3 aliphatic heterocycles. The van der Waals surface area contributed by atoms with E-state index in [0.29, 0.717) is 43.4 Å². The van der Waals surface area contributed by atoms with Crippen LogP contribution in [0.25, 0.3) is 0 Å². The van der Waals surface area contributed by atoms with E-state index < -0.39 is 23.3 Å². The molecule has 0 unspecified atom stereocenters. The summed E-state index contributed by atoms with van der Waals surface area (Å²) in [5.74, 6) is 0.420. The minimum atomic E-state index is -1.57. The average Bonchev–Trinajstić information content (AvgIpc) is 2.98. The monoisotopic (exact) mass is 570 g/mol. The van der Waals surface area contributed by atoms with E-state index in [9.17, 15) is 19.2 Å². The van der Waals surface area contributed by atoms with Gasteiger partial charge in [0.25, 0.3) is 11.5 Å². The lowest BCUT2D eigenvalue weighted by molar-refractivity contribution is -0.144. The molecule has 218 valence electrons. The summed E-state index contributed by atoms with van der Waals surface area (Å²) in [6, 6.07) is 18.6. The summed E-state index contributed by atoms with van der Waals surface area (Å²) in [5, 5.41) is 2.49. The summed E-state index contributed by atoms with van der Waals surface area (Å²) >= 11 is 0. The van der Waals surface area contributed by atoms with Crippen molar-refractivity contribution in [3.8, 4) is 11.5 Å². The van der Waals surface area contributed by atoms with E-state index in [1.165, 1.54) is 7.11 Å². The van der Waals surface area contributed by atoms with Crippen molar-refractivity contribution in [1.29, 1.82) is 0 Å². The van der Waals surface area contributed by atoms with Gasteiger partial charge in [-0.05, 0) is 73.7 Å². The number of likely N-dealkylation sites (tertiary alicyclic amines) is 1. The molecule has 0 radical (unpaired) electrons. The molecule has 10 nitrogen and oxygen atoms in total. The van der Waals surface area contributed by atoms with Gasteiger partial charge in [-0.3, -0.25) is 19.7 Å². The van der Waals surface area contributed by atoms with Crippen molar-refractivity contribution in [2.45, 2.75) is 32.2 Å². The number of ether oxygens (including phenoxy) is 2. The Bertz CT molecular complexity index is 1570. The molecular weight excluding hydrogens is 536 g/mol. The fourth-order valence-electron chi connectivity index (χ4n) is 6.72. The van der Waals surface area contributed by atoms with E-state index in [0.717, 1.165) is 22.6 Å². The fraction of sp³-hybridized carbons (Fsp3) is 0.375. The van der Waals surface area contributed by atoms with E-state index >= 15 is 0 Å². The van der Waals surface area contributed by atoms with Crippen LogP contribution in [-0.2, 0) is 22.6 Å². The van der Waals surface area contributed by atoms with Crippen molar-refractivity contribution >= 4 is 23.5 Å². The molecule has 4 heterocycles. The van der Waals surface area contributed by atoms with Gasteiger partial charge in [-0.15, -0.1) is 0 Å². The van der Waals surface area contributed by atoms with Crippen LogP contribution in [0.1, 0.15) is 30.5 Å². The summed E-state index contributed by atoms with van der Waals surface area (Å²) in [5.41, 5.74) is 0.547. The molecule has 2 bridgehead atoms. The normalized spacial score (nSPS) is 23.8. The molecule has 1 aromatic heterocycles. The van der Waals surface area contributed by atoms with Gasteiger partial charge in [0.05, 0.1) is 19.4 Å². The van der Waals surface area contributed by atoms with Gasteiger partial charge < -0.3 is 18.9 Å². The number of fused-ring (bicyclic) bond motifs is 4. The smallest absolute Gasteiger partial charge is 0.335 e. The lowest BCUT2D eigenvalue weighted by Gasteiger charge is -2.47. The van der Waals surface area contributed by atoms with Gasteiger partial charge in [0.1, 0.15) is 16.9 Å². The molecule has 3 aliphatic rings. The molecule has 42 heavy (non-hydrogen) atoms. The van der Waals surface area contributed by atoms with Gasteiger partial charge in [0.2, 0.25) is 5.91 Å². The predicted molar refractivity (Wildman–Crippen MR) is 156 cm³/mol. The molecule has 2 aromatic carbocycles. The van der Waals surface area contributed by atoms with Crippen LogP contribution in [0.5, 0.6) is 11.5 Å². The summed E-state index contributed by atoms with van der Waals surface area (Å²) in [4.78, 5) is 57.2. The third-order valence-corrected chi connectivity index (χ3v) is 8.59. The van der Waals surface area contributed by atoms with Crippen LogP contribution >= 0.6 is 0 Å². The second kappa shape index (κ2) is 11.1. The molecule has 4 amide bonds. The zero-order valence-electron chi connectivity index (χ0n) is 23.7. The first-order chi connectivity index (χ1) is 20.3. The number of barbiturate groups is 1. The second-order valence-electron chi connectivity index (χ2n) is 11.3. The van der Waals surface area contributed by atoms with E-state index in [1.807, 2.05) is 41.8 Å². The maximum Gasteiger partial charge on any atom is 0.335 e. The van der Waals surface area contributed by atoms with Crippen LogP contribution in [0.3, 0.4) is 0 Å². The highest BCUT2D eigenvalue weighted by Crippen LogP contribution is 2.39. The predicted octanol–water partition coefficient (Wildman–Crippen LogP) is 3.19. The van der Waals surface area contributed by atoms with Gasteiger partial charge in [0.15, 0.2) is 0 Å². The summed E-state index contributed by atoms with van der Waals surface area (Å²) in [7, 11) is 1.54. The van der Waals surface area contributed by atoms with Gasteiger partial charge >= 0.3 is 6.03 Å². The van der Waals surface area contributed by atoms with Gasteiger partial charge in [0, 0.05) is 43.9 Å². The van der Waals surface area contributed by atoms with Crippen LogP contribution in [0.15, 0.2) is 71.5 Å². The zero-order chi connectivity index (χ0) is 29.4. The lowest BCUT2D eigenvalue weighted by Crippen LogP contribution is -2.68. The van der Waals surface area contributed by atoms with E-state index in [1.54, 1.807) is 36.4 Å². The number of amides is 4. The number of hydrogen-bond acceptors (Lipinski definition) is 7. The highest BCUT2D eigenvalue weighted by Gasteiger charge is 2.55. The third kappa shape index (κ3) is 4.96. The number of piperidine rings is 1. The number of rotatable bonds is 8. The first kappa shape index (κ1) is 27.7. The van der Waals surface area contributed by atoms with Crippen molar-refractivity contribution < 1.29 is 23.9 Å². The molecule has 3 atom stereocenters. The molecule has 3 aromatic rings. The fourth-order valence-corrected chi connectivity index (χ4v) is 6.72. The first-order valence-corrected chi connectivity index (χ1v) is 14.3. The Morgan fingerprint density at radius 1 is 0.905 bits per heavy atom. The number of aromatic nitrogens is 1. The van der Waals surface area contributed by atoms with Crippen LogP contribution in [0.2, 0.25) is 0 Å². The maximum absolute atomic E-state index is 14.5. The van der Waals surface area contributed by atoms with Gasteiger partial charge in [-0.2, -0.15) is 0 Å². The highest BCUT2D eigenvalue weighted by molar-refractivity contribution is 6.30. The van der Waals surface area contributed by atoms with E-state index in [2.05, 4.69) is 10.2 Å². The number of nitrogens with one attached hydrogen (secondary N) is 1. The van der Waals surface area contributed by atoms with E-state index in [4.69, 9.17) is 9.47 Å². The number of carbonyl (C=O) groups excluding carboxylic acids is 3. The maximum atomic E-state index is 14.5. The van der Waals surface area contributed by atoms with Gasteiger partial charge in [-0.25, -0.2) is 9.69 Å². The Balaban J connectivity index is 1.36. The number of pyridine rings is 1. The van der Waals surface area contributed by atoms with Crippen molar-refractivity contribution in [3.63, 3.8) is 0 Å². The molecule has 6 rings (SSSR count). The van der Waals surface area contributed by atoms with Crippen LogP contribution in [-0.4, -0.2) is 60.7 Å². The Hall–Kier alpha value is -4.44. The van der Waals surface area contributed by atoms with Crippen molar-refractivity contribution in [1.82, 2.24) is 14.8 Å². The summed E-state index contributed by atoms with van der Waals surface area (Å²) < 4.78 is 12.7. The standard InChI is InChI=1S/C32H34N4O6/c1-3-42-26-11-7-21(8-12-26)16-32(20-34-17-22-15-23(19-34)27-5-4-6-28(37)35(27)18-22)29(38)33-31(40)36(30(32)39)24-9-13-25(41-2)14-10-24/h4-14,22-23H,3,15-20H2,1-2H3,(H,33,38,40)/t22-,23-,32-/m0/s1. The van der Waals surface area contributed by atoms with E-state index in [-0.39, 0.29) is 30.4 Å². The third-order valence-electron chi connectivity index (χ3n) is 8.59. The molecule has 0 saturated carbocycles. The Kier molecular flexibility index (Phi) is 7.32. The number of methoxy groups -OCH3 is 1. The number of nitrogens with zero attached hydrogens (tertiary/aromatic N) is 3. The number of imide groups is 2.